The van der Waals surface area contributed by atoms with E-state index in [4.69, 9.17) is 4.74 Å². The number of ketones is 1. The Labute approximate surface area is 186 Å². The van der Waals surface area contributed by atoms with E-state index >= 15 is 0 Å². The van der Waals surface area contributed by atoms with Crippen molar-refractivity contribution < 1.29 is 23.9 Å². The van der Waals surface area contributed by atoms with E-state index in [9.17, 15) is 19.2 Å². The number of allylic oxidation sites excluding steroid dienone is 2. The van der Waals surface area contributed by atoms with Crippen LogP contribution >= 0.6 is 0 Å². The number of aryl methyl sites for hydroxylation is 2. The van der Waals surface area contributed by atoms with Crippen LogP contribution in [0.2, 0.25) is 0 Å². The van der Waals surface area contributed by atoms with Gasteiger partial charge in [-0.2, -0.15) is 0 Å². The van der Waals surface area contributed by atoms with Crippen LogP contribution < -0.4 is 4.90 Å². The van der Waals surface area contributed by atoms with Gasteiger partial charge < -0.3 is 4.74 Å². The van der Waals surface area contributed by atoms with Crippen molar-refractivity contribution >= 4 is 29.3 Å². The molecule has 6 heteroatoms. The molecule has 3 atom stereocenters. The number of hydrogen-bond acceptors (Lipinski definition) is 5. The molecule has 4 rings (SSSR count). The van der Waals surface area contributed by atoms with Crippen molar-refractivity contribution in [3.63, 3.8) is 0 Å². The lowest BCUT2D eigenvalue weighted by Crippen LogP contribution is -2.31. The molecule has 2 amide bonds. The lowest BCUT2D eigenvalue weighted by Gasteiger charge is -2.22. The molecule has 1 aliphatic carbocycles. The van der Waals surface area contributed by atoms with Crippen molar-refractivity contribution in [2.24, 2.45) is 17.8 Å². The maximum absolute atomic E-state index is 12.9. The normalized spacial score (nSPS) is 22.1. The topological polar surface area (TPSA) is 80.8 Å². The van der Waals surface area contributed by atoms with Gasteiger partial charge in [-0.05, 0) is 67.6 Å². The first-order valence-electron chi connectivity index (χ1n) is 10.7. The van der Waals surface area contributed by atoms with Gasteiger partial charge in [0.25, 0.3) is 0 Å². The van der Waals surface area contributed by atoms with Crippen molar-refractivity contribution in [1.82, 2.24) is 0 Å². The number of nitrogens with zero attached hydrogens (tertiary/aromatic N) is 1. The molecule has 164 valence electrons. The van der Waals surface area contributed by atoms with Gasteiger partial charge in [0, 0.05) is 5.56 Å². The van der Waals surface area contributed by atoms with Crippen LogP contribution in [0.25, 0.3) is 0 Å². The van der Waals surface area contributed by atoms with Crippen LogP contribution in [-0.4, -0.2) is 30.2 Å². The number of carbonyl (C=O) groups excluding carboxylic acids is 4. The molecule has 2 aromatic rings. The van der Waals surface area contributed by atoms with E-state index in [0.717, 1.165) is 11.1 Å². The summed E-state index contributed by atoms with van der Waals surface area (Å²) in [5.41, 5.74) is 3.25. The molecule has 0 N–H and O–H groups in total. The Bertz CT molecular complexity index is 1130. The maximum Gasteiger partial charge on any atom is 0.338 e. The summed E-state index contributed by atoms with van der Waals surface area (Å²) in [4.78, 5) is 51.6. The molecule has 2 aromatic carbocycles. The van der Waals surface area contributed by atoms with Crippen LogP contribution in [0.3, 0.4) is 0 Å². The number of hydrogen-bond donors (Lipinski definition) is 0. The van der Waals surface area contributed by atoms with Crippen LogP contribution in [0.5, 0.6) is 0 Å². The highest BCUT2D eigenvalue weighted by Crippen LogP contribution is 2.40. The van der Waals surface area contributed by atoms with Gasteiger partial charge in [0.05, 0.1) is 23.1 Å². The Morgan fingerprint density at radius 2 is 1.66 bits per heavy atom. The zero-order valence-corrected chi connectivity index (χ0v) is 18.3. The molecule has 0 aromatic heterocycles. The summed E-state index contributed by atoms with van der Waals surface area (Å²) >= 11 is 0. The SMILES string of the molecule is Cc1ccc(C(=O)COC(=O)c2ccc(N3C(=O)[C@@H]4[C@H](C)C=CC[C@H]4C3=O)cc2)cc1C. The third-order valence-corrected chi connectivity index (χ3v) is 6.40. The Hall–Kier alpha value is -3.54. The minimum absolute atomic E-state index is 0.0132. The molecular formula is C26H25NO5. The molecule has 1 heterocycles. The number of anilines is 1. The monoisotopic (exact) mass is 431 g/mol. The van der Waals surface area contributed by atoms with E-state index in [2.05, 4.69) is 0 Å². The zero-order valence-electron chi connectivity index (χ0n) is 18.3. The number of esters is 1. The van der Waals surface area contributed by atoms with E-state index in [1.807, 2.05) is 39.0 Å². The first-order chi connectivity index (χ1) is 15.3. The van der Waals surface area contributed by atoms with Crippen LogP contribution in [0, 0.1) is 31.6 Å². The predicted molar refractivity (Wildman–Crippen MR) is 119 cm³/mol. The molecule has 1 fully saturated rings. The second-order valence-corrected chi connectivity index (χ2v) is 8.51. The molecule has 2 aliphatic rings. The summed E-state index contributed by atoms with van der Waals surface area (Å²) < 4.78 is 5.17. The molecule has 0 spiro atoms. The van der Waals surface area contributed by atoms with E-state index < -0.39 is 5.97 Å². The number of rotatable bonds is 5. The summed E-state index contributed by atoms with van der Waals surface area (Å²) in [5.74, 6) is -1.98. The Balaban J connectivity index is 1.42. The maximum atomic E-state index is 12.9. The van der Waals surface area contributed by atoms with Crippen molar-refractivity contribution in [1.29, 1.82) is 0 Å². The minimum Gasteiger partial charge on any atom is -0.454 e. The fourth-order valence-electron chi connectivity index (χ4n) is 4.36. The molecule has 0 saturated carbocycles. The average molecular weight is 431 g/mol. The van der Waals surface area contributed by atoms with Gasteiger partial charge in [-0.3, -0.25) is 19.3 Å². The number of ether oxygens (including phenoxy) is 1. The van der Waals surface area contributed by atoms with Gasteiger partial charge in [0.2, 0.25) is 11.8 Å². The summed E-state index contributed by atoms with van der Waals surface area (Å²) in [7, 11) is 0. The average Bonchev–Trinajstić information content (AvgIpc) is 3.05. The Morgan fingerprint density at radius 3 is 2.31 bits per heavy atom. The molecule has 6 nitrogen and oxygen atoms in total. The van der Waals surface area contributed by atoms with Crippen molar-refractivity contribution in [2.75, 3.05) is 11.5 Å². The molecular weight excluding hydrogens is 406 g/mol. The molecule has 1 saturated heterocycles. The van der Waals surface area contributed by atoms with Gasteiger partial charge in [0.15, 0.2) is 12.4 Å². The largest absolute Gasteiger partial charge is 0.454 e. The smallest absolute Gasteiger partial charge is 0.338 e. The number of amides is 2. The van der Waals surface area contributed by atoms with Crippen LogP contribution in [0.4, 0.5) is 5.69 Å². The summed E-state index contributed by atoms with van der Waals surface area (Å²) in [6.45, 7) is 5.46. The summed E-state index contributed by atoms with van der Waals surface area (Å²) in [6.07, 6.45) is 4.50. The van der Waals surface area contributed by atoms with Crippen LogP contribution in [-0.2, 0) is 14.3 Å². The molecule has 32 heavy (non-hydrogen) atoms. The molecule has 0 unspecified atom stereocenters. The van der Waals surface area contributed by atoms with E-state index in [1.54, 1.807) is 24.3 Å². The van der Waals surface area contributed by atoms with E-state index in [0.29, 0.717) is 17.7 Å². The molecule has 0 radical (unpaired) electrons. The van der Waals surface area contributed by atoms with Crippen molar-refractivity contribution in [3.8, 4) is 0 Å². The standard InChI is InChI=1S/C26H25NO5/c1-15-7-8-19(13-17(15)3)22(28)14-32-26(31)18-9-11-20(12-10-18)27-24(29)21-6-4-5-16(2)23(21)25(27)30/h4-5,7-13,16,21,23H,6,14H2,1-3H3/t16-,21-,23-/m1/s1. The highest BCUT2D eigenvalue weighted by molar-refractivity contribution is 6.22. The first kappa shape index (κ1) is 21.7. The van der Waals surface area contributed by atoms with Crippen molar-refractivity contribution in [2.45, 2.75) is 27.2 Å². The minimum atomic E-state index is -0.640. The van der Waals surface area contributed by atoms with Crippen LogP contribution in [0.1, 0.15) is 45.2 Å². The zero-order chi connectivity index (χ0) is 23.0. The van der Waals surface area contributed by atoms with Gasteiger partial charge in [-0.1, -0.05) is 31.2 Å². The lowest BCUT2D eigenvalue weighted by molar-refractivity contribution is -0.122. The van der Waals surface area contributed by atoms with Gasteiger partial charge in [-0.15, -0.1) is 0 Å². The second-order valence-electron chi connectivity index (χ2n) is 8.51. The van der Waals surface area contributed by atoms with Crippen LogP contribution in [0.15, 0.2) is 54.6 Å². The predicted octanol–water partition coefficient (Wildman–Crippen LogP) is 4.04. The quantitative estimate of drug-likeness (QED) is 0.309. The first-order valence-corrected chi connectivity index (χ1v) is 10.7. The summed E-state index contributed by atoms with van der Waals surface area (Å²) in [5, 5.41) is 0. The van der Waals surface area contributed by atoms with Crippen molar-refractivity contribution in [3.05, 3.63) is 76.9 Å². The summed E-state index contributed by atoms with van der Waals surface area (Å²) in [6, 6.07) is 11.5. The third kappa shape index (κ3) is 3.88. The number of Topliss-reactive ketones (excluding diaryl/α,β-unsaturated/α-hetero) is 1. The van der Waals surface area contributed by atoms with Gasteiger partial charge in [0.1, 0.15) is 0 Å². The number of fused-ring (bicyclic) bond motifs is 1. The molecule has 0 bridgehead atoms. The highest BCUT2D eigenvalue weighted by Gasteiger charge is 2.50. The lowest BCUT2D eigenvalue weighted by atomic mass is 9.78. The number of benzene rings is 2. The fourth-order valence-corrected chi connectivity index (χ4v) is 4.36. The van der Waals surface area contributed by atoms with E-state index in [1.165, 1.54) is 17.0 Å². The van der Waals surface area contributed by atoms with Gasteiger partial charge in [-0.25, -0.2) is 4.79 Å². The molecule has 1 aliphatic heterocycles. The number of carbonyl (C=O) groups is 4. The highest BCUT2D eigenvalue weighted by atomic mass is 16.5. The second kappa shape index (κ2) is 8.54. The Kier molecular flexibility index (Phi) is 5.78. The number of imide groups is 1. The Morgan fingerprint density at radius 1 is 0.969 bits per heavy atom. The fraction of sp³-hybridized carbons (Fsp3) is 0.308. The van der Waals surface area contributed by atoms with E-state index in [-0.39, 0.29) is 47.5 Å². The third-order valence-electron chi connectivity index (χ3n) is 6.40. The van der Waals surface area contributed by atoms with Gasteiger partial charge >= 0.3 is 5.97 Å².